The summed E-state index contributed by atoms with van der Waals surface area (Å²) >= 11 is 0. The number of hydrogen-bond donors (Lipinski definition) is 3. The Balaban J connectivity index is 2.52. The van der Waals surface area contributed by atoms with Crippen molar-refractivity contribution >= 4 is 12.0 Å². The summed E-state index contributed by atoms with van der Waals surface area (Å²) in [4.78, 5) is 30.9. The van der Waals surface area contributed by atoms with Crippen LogP contribution in [0.25, 0.3) is 0 Å². The predicted octanol–water partition coefficient (Wildman–Crippen LogP) is 1.08. The van der Waals surface area contributed by atoms with Crippen LogP contribution in [0.2, 0.25) is 0 Å². The lowest BCUT2D eigenvalue weighted by Crippen LogP contribution is -2.48. The first-order valence-corrected chi connectivity index (χ1v) is 6.49. The third kappa shape index (κ3) is 4.83. The van der Waals surface area contributed by atoms with Crippen molar-refractivity contribution in [1.29, 1.82) is 0 Å². The largest absolute Gasteiger partial charge is 0.480 e. The van der Waals surface area contributed by atoms with Crippen molar-refractivity contribution in [2.45, 2.75) is 39.8 Å². The number of aliphatic carboxylic acids is 1. The zero-order valence-corrected chi connectivity index (χ0v) is 11.9. The first-order chi connectivity index (χ1) is 9.43. The number of aromatic nitrogens is 2. The maximum absolute atomic E-state index is 11.7. The Hall–Kier alpha value is -2.18. The Labute approximate surface area is 117 Å². The quantitative estimate of drug-likeness (QED) is 0.723. The van der Waals surface area contributed by atoms with Crippen molar-refractivity contribution in [3.63, 3.8) is 0 Å². The summed E-state index contributed by atoms with van der Waals surface area (Å²) < 4.78 is 0. The first-order valence-electron chi connectivity index (χ1n) is 6.49. The normalized spacial score (nSPS) is 13.3. The average Bonchev–Trinajstić information content (AvgIpc) is 2.41. The second kappa shape index (κ2) is 7.42. The number of hydrogen-bond acceptors (Lipinski definition) is 4. The molecule has 3 N–H and O–H groups in total. The highest BCUT2D eigenvalue weighted by molar-refractivity contribution is 5.82. The summed E-state index contributed by atoms with van der Waals surface area (Å²) in [6, 6.07) is 0.275. The van der Waals surface area contributed by atoms with Crippen LogP contribution in [0.15, 0.2) is 12.3 Å². The number of aryl methyl sites for hydroxylation is 1. The zero-order valence-electron chi connectivity index (χ0n) is 11.9. The van der Waals surface area contributed by atoms with Gasteiger partial charge in [-0.15, -0.1) is 0 Å². The van der Waals surface area contributed by atoms with Crippen molar-refractivity contribution in [3.05, 3.63) is 23.8 Å². The number of carbonyl (C=O) groups is 2. The molecule has 0 aliphatic carbocycles. The molecule has 2 atom stereocenters. The maximum atomic E-state index is 11.7. The van der Waals surface area contributed by atoms with Gasteiger partial charge in [-0.05, 0) is 18.9 Å². The van der Waals surface area contributed by atoms with Crippen molar-refractivity contribution in [2.24, 2.45) is 5.92 Å². The predicted molar refractivity (Wildman–Crippen MR) is 73.0 cm³/mol. The van der Waals surface area contributed by atoms with E-state index in [2.05, 4.69) is 20.6 Å². The maximum Gasteiger partial charge on any atom is 0.326 e. The summed E-state index contributed by atoms with van der Waals surface area (Å²) in [7, 11) is 0. The minimum Gasteiger partial charge on any atom is -0.480 e. The summed E-state index contributed by atoms with van der Waals surface area (Å²) in [5.74, 6) is -0.556. The third-order valence-corrected chi connectivity index (χ3v) is 3.03. The summed E-state index contributed by atoms with van der Waals surface area (Å²) in [5.41, 5.74) is 0.670. The highest BCUT2D eigenvalue weighted by Crippen LogP contribution is 2.07. The highest BCUT2D eigenvalue weighted by Gasteiger charge is 2.25. The van der Waals surface area contributed by atoms with E-state index in [1.807, 2.05) is 6.92 Å². The number of amides is 2. The number of rotatable bonds is 6. The van der Waals surface area contributed by atoms with Crippen molar-refractivity contribution < 1.29 is 14.7 Å². The molecule has 0 bridgehead atoms. The van der Waals surface area contributed by atoms with Gasteiger partial charge in [0.2, 0.25) is 0 Å². The molecule has 0 spiro atoms. The number of urea groups is 1. The summed E-state index contributed by atoms with van der Waals surface area (Å²) in [6.07, 6.45) is 2.28. The van der Waals surface area contributed by atoms with Crippen LogP contribution < -0.4 is 10.6 Å². The summed E-state index contributed by atoms with van der Waals surface area (Å²) in [5, 5.41) is 14.1. The van der Waals surface area contributed by atoms with Gasteiger partial charge in [0.25, 0.3) is 0 Å². The Bertz CT molecular complexity index is 478. The van der Waals surface area contributed by atoms with E-state index in [1.165, 1.54) is 0 Å². The van der Waals surface area contributed by atoms with Gasteiger partial charge in [-0.25, -0.2) is 19.6 Å². The van der Waals surface area contributed by atoms with E-state index >= 15 is 0 Å². The van der Waals surface area contributed by atoms with Gasteiger partial charge in [-0.1, -0.05) is 20.3 Å². The molecule has 7 nitrogen and oxygen atoms in total. The molecule has 1 heterocycles. The molecule has 20 heavy (non-hydrogen) atoms. The molecule has 2 amide bonds. The van der Waals surface area contributed by atoms with Crippen LogP contribution in [0, 0.1) is 12.8 Å². The molecule has 0 radical (unpaired) electrons. The number of carboxylic acids is 1. The molecule has 0 saturated carbocycles. The second-order valence-corrected chi connectivity index (χ2v) is 4.62. The van der Waals surface area contributed by atoms with Gasteiger partial charge >= 0.3 is 12.0 Å². The number of nitrogens with one attached hydrogen (secondary N) is 2. The monoisotopic (exact) mass is 280 g/mol. The molecule has 1 aromatic heterocycles. The molecule has 1 aromatic rings. The second-order valence-electron chi connectivity index (χ2n) is 4.62. The molecule has 0 fully saturated rings. The Morgan fingerprint density at radius 2 is 2.15 bits per heavy atom. The van der Waals surface area contributed by atoms with Crippen LogP contribution in [0.1, 0.15) is 31.8 Å². The molecule has 0 aliphatic heterocycles. The lowest BCUT2D eigenvalue weighted by molar-refractivity contribution is -0.140. The number of carbonyl (C=O) groups excluding carboxylic acids is 1. The Kier molecular flexibility index (Phi) is 5.89. The molecule has 0 aromatic carbocycles. The first kappa shape index (κ1) is 15.9. The van der Waals surface area contributed by atoms with E-state index < -0.39 is 18.0 Å². The van der Waals surface area contributed by atoms with Gasteiger partial charge in [0.05, 0.1) is 12.2 Å². The fourth-order valence-electron chi connectivity index (χ4n) is 1.65. The van der Waals surface area contributed by atoms with Crippen LogP contribution in [0.5, 0.6) is 0 Å². The Morgan fingerprint density at radius 3 is 2.70 bits per heavy atom. The van der Waals surface area contributed by atoms with Crippen molar-refractivity contribution in [2.75, 3.05) is 0 Å². The van der Waals surface area contributed by atoms with Crippen molar-refractivity contribution in [1.82, 2.24) is 20.6 Å². The molecule has 1 rings (SSSR count). The van der Waals surface area contributed by atoms with Gasteiger partial charge in [0, 0.05) is 6.20 Å². The van der Waals surface area contributed by atoms with Gasteiger partial charge in [0.1, 0.15) is 11.9 Å². The Morgan fingerprint density at radius 1 is 1.45 bits per heavy atom. The minimum atomic E-state index is -1.03. The van der Waals surface area contributed by atoms with Crippen LogP contribution >= 0.6 is 0 Å². The van der Waals surface area contributed by atoms with Gasteiger partial charge in [0.15, 0.2) is 0 Å². The topological polar surface area (TPSA) is 104 Å². The number of carboxylic acid groups (broad SMARTS) is 1. The smallest absolute Gasteiger partial charge is 0.326 e. The van der Waals surface area contributed by atoms with E-state index in [4.69, 9.17) is 5.11 Å². The van der Waals surface area contributed by atoms with Crippen LogP contribution in [0.3, 0.4) is 0 Å². The van der Waals surface area contributed by atoms with Crippen LogP contribution in [-0.4, -0.2) is 33.1 Å². The van der Waals surface area contributed by atoms with E-state index in [1.54, 1.807) is 26.1 Å². The zero-order chi connectivity index (χ0) is 15.1. The standard InChI is InChI=1S/C13H20N4O3/c1-4-8(2)11(12(18)19)17-13(20)15-7-10-5-6-14-9(3)16-10/h5-6,8,11H,4,7H2,1-3H3,(H,18,19)(H2,15,17,20)/t8-,11-/m0/s1. The van der Waals surface area contributed by atoms with E-state index in [0.29, 0.717) is 17.9 Å². The van der Waals surface area contributed by atoms with Gasteiger partial charge in [-0.3, -0.25) is 0 Å². The fraction of sp³-hybridized carbons (Fsp3) is 0.538. The van der Waals surface area contributed by atoms with Gasteiger partial charge in [-0.2, -0.15) is 0 Å². The number of nitrogens with zero attached hydrogens (tertiary/aromatic N) is 2. The van der Waals surface area contributed by atoms with E-state index in [0.717, 1.165) is 0 Å². The van der Waals surface area contributed by atoms with E-state index in [-0.39, 0.29) is 12.5 Å². The van der Waals surface area contributed by atoms with Crippen LogP contribution in [-0.2, 0) is 11.3 Å². The van der Waals surface area contributed by atoms with E-state index in [9.17, 15) is 9.59 Å². The van der Waals surface area contributed by atoms with Crippen molar-refractivity contribution in [3.8, 4) is 0 Å². The highest BCUT2D eigenvalue weighted by atomic mass is 16.4. The lowest BCUT2D eigenvalue weighted by atomic mass is 9.99. The molecule has 110 valence electrons. The SMILES string of the molecule is CC[C@H](C)[C@H](NC(=O)NCc1ccnc(C)n1)C(=O)O. The van der Waals surface area contributed by atoms with Gasteiger partial charge < -0.3 is 15.7 Å². The molecule has 0 unspecified atom stereocenters. The average molecular weight is 280 g/mol. The van der Waals surface area contributed by atoms with Crippen LogP contribution in [0.4, 0.5) is 4.79 Å². The minimum absolute atomic E-state index is 0.139. The lowest BCUT2D eigenvalue weighted by Gasteiger charge is -2.20. The molecular weight excluding hydrogens is 260 g/mol. The third-order valence-electron chi connectivity index (χ3n) is 3.03. The molecule has 0 saturated heterocycles. The molecule has 0 aliphatic rings. The molecule has 7 heteroatoms. The summed E-state index contributed by atoms with van der Waals surface area (Å²) in [6.45, 7) is 5.64. The molecular formula is C13H20N4O3. The fourth-order valence-corrected chi connectivity index (χ4v) is 1.65.